The van der Waals surface area contributed by atoms with Gasteiger partial charge in [-0.25, -0.2) is 8.42 Å². The number of rotatable bonds is 6. The zero-order valence-corrected chi connectivity index (χ0v) is 13.4. The van der Waals surface area contributed by atoms with Crippen LogP contribution in [0, 0.1) is 6.92 Å². The number of carbonyl (C=O) groups excluding carboxylic acids is 1. The molecular formula is C15H23NO3S. The number of sulfone groups is 1. The van der Waals surface area contributed by atoms with Crippen LogP contribution in [0.5, 0.6) is 0 Å². The summed E-state index contributed by atoms with van der Waals surface area (Å²) >= 11 is 0. The summed E-state index contributed by atoms with van der Waals surface area (Å²) in [5, 5.41) is 2.84. The van der Waals surface area contributed by atoms with E-state index in [-0.39, 0.29) is 28.5 Å². The summed E-state index contributed by atoms with van der Waals surface area (Å²) in [5.74, 6) is -0.394. The van der Waals surface area contributed by atoms with Crippen molar-refractivity contribution in [2.24, 2.45) is 0 Å². The van der Waals surface area contributed by atoms with Gasteiger partial charge in [0.15, 0.2) is 9.84 Å². The number of aryl methyl sites for hydroxylation is 1. The molecule has 0 radical (unpaired) electrons. The van der Waals surface area contributed by atoms with Crippen LogP contribution in [0.1, 0.15) is 39.2 Å². The minimum absolute atomic E-state index is 0.0142. The van der Waals surface area contributed by atoms with Gasteiger partial charge in [-0.05, 0) is 39.3 Å². The summed E-state index contributed by atoms with van der Waals surface area (Å²) in [7, 11) is -3.40. The first kappa shape index (κ1) is 16.7. The van der Waals surface area contributed by atoms with Crippen molar-refractivity contribution in [1.29, 1.82) is 0 Å². The van der Waals surface area contributed by atoms with Crippen LogP contribution < -0.4 is 5.32 Å². The van der Waals surface area contributed by atoms with Gasteiger partial charge in [0, 0.05) is 12.0 Å². The van der Waals surface area contributed by atoms with Gasteiger partial charge in [0.1, 0.15) is 0 Å². The molecule has 0 heterocycles. The number of benzene rings is 1. The van der Waals surface area contributed by atoms with Gasteiger partial charge in [0.05, 0.1) is 10.6 Å². The van der Waals surface area contributed by atoms with E-state index in [0.717, 1.165) is 12.0 Å². The zero-order valence-electron chi connectivity index (χ0n) is 12.6. The number of carbonyl (C=O) groups is 1. The van der Waals surface area contributed by atoms with Crippen LogP contribution in [0.25, 0.3) is 0 Å². The van der Waals surface area contributed by atoms with Crippen molar-refractivity contribution in [1.82, 2.24) is 5.32 Å². The summed E-state index contributed by atoms with van der Waals surface area (Å²) in [6.45, 7) is 7.71. The van der Waals surface area contributed by atoms with Crippen LogP contribution in [-0.4, -0.2) is 25.6 Å². The molecule has 0 unspecified atom stereocenters. The SMILES string of the molecule is CCC(C)(C)NC(=O)CCS(=O)(=O)c1ccc(C)cc1. The molecule has 1 aromatic rings. The van der Waals surface area contributed by atoms with Crippen LogP contribution in [0.4, 0.5) is 0 Å². The second-order valence-corrected chi connectivity index (χ2v) is 7.78. The highest BCUT2D eigenvalue weighted by atomic mass is 32.2. The molecule has 0 saturated heterocycles. The third-order valence-electron chi connectivity index (χ3n) is 3.34. The maximum Gasteiger partial charge on any atom is 0.221 e. The number of hydrogen-bond acceptors (Lipinski definition) is 3. The van der Waals surface area contributed by atoms with E-state index in [4.69, 9.17) is 0 Å². The van der Waals surface area contributed by atoms with Gasteiger partial charge in [-0.3, -0.25) is 4.79 Å². The molecule has 5 heteroatoms. The molecular weight excluding hydrogens is 274 g/mol. The largest absolute Gasteiger partial charge is 0.351 e. The summed E-state index contributed by atoms with van der Waals surface area (Å²) in [4.78, 5) is 12.0. The molecule has 0 fully saturated rings. The topological polar surface area (TPSA) is 63.2 Å². The molecule has 0 aliphatic heterocycles. The number of amides is 1. The number of nitrogens with one attached hydrogen (secondary N) is 1. The Bertz CT molecular complexity index is 559. The lowest BCUT2D eigenvalue weighted by molar-refractivity contribution is -0.122. The molecule has 112 valence electrons. The monoisotopic (exact) mass is 297 g/mol. The van der Waals surface area contributed by atoms with Gasteiger partial charge < -0.3 is 5.32 Å². The average molecular weight is 297 g/mol. The Morgan fingerprint density at radius 1 is 1.20 bits per heavy atom. The molecule has 1 amide bonds. The van der Waals surface area contributed by atoms with Crippen molar-refractivity contribution in [3.05, 3.63) is 29.8 Å². The Morgan fingerprint density at radius 3 is 2.25 bits per heavy atom. The smallest absolute Gasteiger partial charge is 0.221 e. The first-order chi connectivity index (χ1) is 9.16. The molecule has 0 saturated carbocycles. The van der Waals surface area contributed by atoms with Crippen molar-refractivity contribution in [2.45, 2.75) is 51.0 Å². The lowest BCUT2D eigenvalue weighted by Crippen LogP contribution is -2.43. The third-order valence-corrected chi connectivity index (χ3v) is 5.07. The van der Waals surface area contributed by atoms with Gasteiger partial charge in [-0.15, -0.1) is 0 Å². The highest BCUT2D eigenvalue weighted by Crippen LogP contribution is 2.13. The van der Waals surface area contributed by atoms with Gasteiger partial charge >= 0.3 is 0 Å². The highest BCUT2D eigenvalue weighted by molar-refractivity contribution is 7.91. The Labute approximate surface area is 121 Å². The summed E-state index contributed by atoms with van der Waals surface area (Å²) in [6.07, 6.45) is 0.781. The van der Waals surface area contributed by atoms with Crippen molar-refractivity contribution in [2.75, 3.05) is 5.75 Å². The predicted octanol–water partition coefficient (Wildman–Crippen LogP) is 2.46. The van der Waals surface area contributed by atoms with Crippen molar-refractivity contribution in [3.63, 3.8) is 0 Å². The number of hydrogen-bond donors (Lipinski definition) is 1. The lowest BCUT2D eigenvalue weighted by atomic mass is 10.0. The van der Waals surface area contributed by atoms with Crippen molar-refractivity contribution < 1.29 is 13.2 Å². The molecule has 0 aromatic heterocycles. The lowest BCUT2D eigenvalue weighted by Gasteiger charge is -2.24. The normalized spacial score (nSPS) is 12.2. The molecule has 1 rings (SSSR count). The van der Waals surface area contributed by atoms with Crippen LogP contribution in [0.3, 0.4) is 0 Å². The third kappa shape index (κ3) is 4.96. The second-order valence-electron chi connectivity index (χ2n) is 5.67. The summed E-state index contributed by atoms with van der Waals surface area (Å²) in [6, 6.07) is 6.68. The van der Waals surface area contributed by atoms with Gasteiger partial charge in [-0.2, -0.15) is 0 Å². The van der Waals surface area contributed by atoms with E-state index in [1.165, 1.54) is 0 Å². The average Bonchev–Trinajstić information content (AvgIpc) is 2.37. The van der Waals surface area contributed by atoms with Crippen molar-refractivity contribution in [3.8, 4) is 0 Å². The predicted molar refractivity (Wildman–Crippen MR) is 80.4 cm³/mol. The van der Waals surface area contributed by atoms with E-state index >= 15 is 0 Å². The van der Waals surface area contributed by atoms with Gasteiger partial charge in [0.2, 0.25) is 5.91 Å². The molecule has 1 aromatic carbocycles. The molecule has 1 N–H and O–H groups in total. The van der Waals surface area contributed by atoms with E-state index in [2.05, 4.69) is 5.32 Å². The molecule has 0 spiro atoms. The Balaban J connectivity index is 2.65. The second kappa shape index (κ2) is 6.39. The molecule has 20 heavy (non-hydrogen) atoms. The van der Waals surface area contributed by atoms with Crippen LogP contribution in [0.2, 0.25) is 0 Å². The van der Waals surface area contributed by atoms with Crippen LogP contribution in [0.15, 0.2) is 29.2 Å². The highest BCUT2D eigenvalue weighted by Gasteiger charge is 2.20. The first-order valence-corrected chi connectivity index (χ1v) is 8.42. The van der Waals surface area contributed by atoms with Crippen molar-refractivity contribution >= 4 is 15.7 Å². The van der Waals surface area contributed by atoms with E-state index in [1.807, 2.05) is 27.7 Å². The quantitative estimate of drug-likeness (QED) is 0.877. The Kier molecular flexibility index (Phi) is 5.34. The Hall–Kier alpha value is -1.36. The summed E-state index contributed by atoms with van der Waals surface area (Å²) < 4.78 is 24.2. The zero-order chi connectivity index (χ0) is 15.4. The van der Waals surface area contributed by atoms with Crippen LogP contribution >= 0.6 is 0 Å². The Morgan fingerprint density at radius 2 is 1.75 bits per heavy atom. The molecule has 4 nitrogen and oxygen atoms in total. The minimum Gasteiger partial charge on any atom is -0.351 e. The molecule has 0 atom stereocenters. The van der Waals surface area contributed by atoms with Gasteiger partial charge in [-0.1, -0.05) is 24.6 Å². The maximum atomic E-state index is 12.1. The maximum absolute atomic E-state index is 12.1. The first-order valence-electron chi connectivity index (χ1n) is 6.77. The van der Waals surface area contributed by atoms with Gasteiger partial charge in [0.25, 0.3) is 0 Å². The molecule has 0 bridgehead atoms. The molecule has 0 aliphatic rings. The fourth-order valence-corrected chi connectivity index (χ4v) is 2.86. The van der Waals surface area contributed by atoms with Crippen LogP contribution in [-0.2, 0) is 14.6 Å². The fraction of sp³-hybridized carbons (Fsp3) is 0.533. The van der Waals surface area contributed by atoms with E-state index in [9.17, 15) is 13.2 Å². The van der Waals surface area contributed by atoms with E-state index in [1.54, 1.807) is 24.3 Å². The van der Waals surface area contributed by atoms with E-state index in [0.29, 0.717) is 0 Å². The fourth-order valence-electron chi connectivity index (χ4n) is 1.62. The van der Waals surface area contributed by atoms with E-state index < -0.39 is 9.84 Å². The minimum atomic E-state index is -3.40. The standard InChI is InChI=1S/C15H23NO3S/c1-5-15(3,4)16-14(17)10-11-20(18,19)13-8-6-12(2)7-9-13/h6-9H,5,10-11H2,1-4H3,(H,16,17). The summed E-state index contributed by atoms with van der Waals surface area (Å²) in [5.41, 5.74) is 0.705. The molecule has 0 aliphatic carbocycles.